The van der Waals surface area contributed by atoms with Gasteiger partial charge in [-0.05, 0) is 18.6 Å². The molecule has 1 aromatic carbocycles. The summed E-state index contributed by atoms with van der Waals surface area (Å²) < 4.78 is 15.3. The van der Waals surface area contributed by atoms with Crippen LogP contribution in [0.2, 0.25) is 0 Å². The van der Waals surface area contributed by atoms with Gasteiger partial charge in [0.15, 0.2) is 0 Å². The lowest BCUT2D eigenvalue weighted by molar-refractivity contribution is 0.539. The summed E-state index contributed by atoms with van der Waals surface area (Å²) in [6.45, 7) is 3.71. The largest absolute Gasteiger partial charge is 0.366 e. The quantitative estimate of drug-likeness (QED) is 0.872. The van der Waals surface area contributed by atoms with Gasteiger partial charge in [-0.25, -0.2) is 9.07 Å². The molecule has 0 radical (unpaired) electrons. The van der Waals surface area contributed by atoms with E-state index in [-0.39, 0.29) is 11.1 Å². The Morgan fingerprint density at radius 3 is 3.00 bits per heavy atom. The van der Waals surface area contributed by atoms with Gasteiger partial charge < -0.3 is 4.90 Å². The van der Waals surface area contributed by atoms with Crippen molar-refractivity contribution in [3.05, 3.63) is 57.3 Å². The molecule has 5 nitrogen and oxygen atoms in total. The first-order valence-electron chi connectivity index (χ1n) is 7.67. The van der Waals surface area contributed by atoms with Crippen LogP contribution < -0.4 is 10.5 Å². The standard InChI is InChI=1S/C17H17FN4O/c1-2-7-22-17(23)9-12-11-21(8-6-15(12)20-22)16-5-3-4-14(18)13(16)10-19/h3-5,9H,2,6-8,11H2,1H3. The van der Waals surface area contributed by atoms with Crippen molar-refractivity contribution in [2.45, 2.75) is 32.9 Å². The van der Waals surface area contributed by atoms with Gasteiger partial charge in [0.2, 0.25) is 0 Å². The molecule has 3 rings (SSSR count). The normalized spacial score (nSPS) is 13.5. The van der Waals surface area contributed by atoms with Gasteiger partial charge in [-0.3, -0.25) is 4.79 Å². The Morgan fingerprint density at radius 1 is 1.43 bits per heavy atom. The maximum Gasteiger partial charge on any atom is 0.267 e. The molecule has 0 aliphatic carbocycles. The van der Waals surface area contributed by atoms with E-state index in [1.54, 1.807) is 18.2 Å². The Kier molecular flexibility index (Phi) is 4.11. The molecule has 0 bridgehead atoms. The Balaban J connectivity index is 1.95. The molecule has 118 valence electrons. The number of anilines is 1. The van der Waals surface area contributed by atoms with Gasteiger partial charge in [-0.2, -0.15) is 10.4 Å². The molecule has 0 saturated heterocycles. The summed E-state index contributed by atoms with van der Waals surface area (Å²) in [6.07, 6.45) is 1.52. The minimum absolute atomic E-state index is 0.0447. The van der Waals surface area contributed by atoms with Crippen LogP contribution in [0.1, 0.15) is 30.2 Å². The first kappa shape index (κ1) is 15.2. The Labute approximate surface area is 133 Å². The maximum absolute atomic E-state index is 13.8. The van der Waals surface area contributed by atoms with Crippen LogP contribution >= 0.6 is 0 Å². The molecule has 1 aromatic heterocycles. The summed E-state index contributed by atoms with van der Waals surface area (Å²) in [4.78, 5) is 14.0. The van der Waals surface area contributed by atoms with Crippen molar-refractivity contribution in [3.8, 4) is 6.07 Å². The Bertz CT molecular complexity index is 837. The number of nitriles is 1. The van der Waals surface area contributed by atoms with E-state index in [0.717, 1.165) is 17.7 Å². The first-order chi connectivity index (χ1) is 11.1. The van der Waals surface area contributed by atoms with Gasteiger partial charge in [-0.15, -0.1) is 0 Å². The second kappa shape index (κ2) is 6.21. The van der Waals surface area contributed by atoms with Crippen LogP contribution in [0.15, 0.2) is 29.1 Å². The minimum atomic E-state index is -0.521. The lowest BCUT2D eigenvalue weighted by Gasteiger charge is -2.30. The number of aryl methyl sites for hydroxylation is 1. The van der Waals surface area contributed by atoms with E-state index >= 15 is 0 Å². The zero-order valence-corrected chi connectivity index (χ0v) is 12.9. The molecule has 0 N–H and O–H groups in total. The molecule has 0 atom stereocenters. The molecule has 6 heteroatoms. The van der Waals surface area contributed by atoms with E-state index in [1.165, 1.54) is 10.7 Å². The van der Waals surface area contributed by atoms with Gasteiger partial charge in [0.1, 0.15) is 17.4 Å². The molecule has 0 unspecified atom stereocenters. The zero-order chi connectivity index (χ0) is 16.4. The number of rotatable bonds is 3. The number of halogens is 1. The molecule has 0 amide bonds. The molecule has 1 aliphatic rings. The SMILES string of the molecule is CCCn1nc2c(cc1=O)CN(c1cccc(F)c1C#N)CC2. The third-order valence-corrected chi connectivity index (χ3v) is 4.02. The van der Waals surface area contributed by atoms with E-state index < -0.39 is 5.82 Å². The summed E-state index contributed by atoms with van der Waals surface area (Å²) >= 11 is 0. The van der Waals surface area contributed by atoms with Crippen molar-refractivity contribution >= 4 is 5.69 Å². The van der Waals surface area contributed by atoms with Gasteiger partial charge in [0, 0.05) is 37.7 Å². The number of hydrogen-bond acceptors (Lipinski definition) is 4. The smallest absolute Gasteiger partial charge is 0.267 e. The van der Waals surface area contributed by atoms with Gasteiger partial charge >= 0.3 is 0 Å². The van der Waals surface area contributed by atoms with Crippen molar-refractivity contribution in [3.63, 3.8) is 0 Å². The second-order valence-electron chi connectivity index (χ2n) is 5.59. The summed E-state index contributed by atoms with van der Waals surface area (Å²) in [5, 5.41) is 13.6. The third-order valence-electron chi connectivity index (χ3n) is 4.02. The van der Waals surface area contributed by atoms with Crippen molar-refractivity contribution in [2.75, 3.05) is 11.4 Å². The third kappa shape index (κ3) is 2.82. The predicted octanol–water partition coefficient (Wildman–Crippen LogP) is 2.23. The van der Waals surface area contributed by atoms with Crippen molar-refractivity contribution in [2.24, 2.45) is 0 Å². The van der Waals surface area contributed by atoms with E-state index in [9.17, 15) is 14.4 Å². The second-order valence-corrected chi connectivity index (χ2v) is 5.59. The Hall–Kier alpha value is -2.68. The summed E-state index contributed by atoms with van der Waals surface area (Å²) in [7, 11) is 0. The summed E-state index contributed by atoms with van der Waals surface area (Å²) in [5.41, 5.74) is 2.25. The van der Waals surface area contributed by atoms with Crippen LogP contribution in [0, 0.1) is 17.1 Å². The average molecular weight is 312 g/mol. The van der Waals surface area contributed by atoms with Gasteiger partial charge in [0.25, 0.3) is 5.56 Å². The number of benzene rings is 1. The number of nitrogens with zero attached hydrogens (tertiary/aromatic N) is 4. The lowest BCUT2D eigenvalue weighted by Crippen LogP contribution is -2.35. The highest BCUT2D eigenvalue weighted by molar-refractivity contribution is 5.60. The van der Waals surface area contributed by atoms with Gasteiger partial charge in [0.05, 0.1) is 11.4 Å². The molecule has 0 fully saturated rings. The molecule has 1 aliphatic heterocycles. The van der Waals surface area contributed by atoms with Crippen LogP contribution in [0.25, 0.3) is 0 Å². The van der Waals surface area contributed by atoms with Crippen molar-refractivity contribution < 1.29 is 4.39 Å². The van der Waals surface area contributed by atoms with Crippen LogP contribution in [0.5, 0.6) is 0 Å². The number of hydrogen-bond donors (Lipinski definition) is 0. The zero-order valence-electron chi connectivity index (χ0n) is 12.9. The van der Waals surface area contributed by atoms with E-state index in [0.29, 0.717) is 31.7 Å². The number of fused-ring (bicyclic) bond motifs is 1. The maximum atomic E-state index is 13.8. The van der Waals surface area contributed by atoms with Crippen molar-refractivity contribution in [1.82, 2.24) is 9.78 Å². The molecular formula is C17H17FN4O. The van der Waals surface area contributed by atoms with E-state index in [4.69, 9.17) is 0 Å². The van der Waals surface area contributed by atoms with Crippen LogP contribution in [0.3, 0.4) is 0 Å². The van der Waals surface area contributed by atoms with Crippen LogP contribution in [0.4, 0.5) is 10.1 Å². The fourth-order valence-electron chi connectivity index (χ4n) is 2.90. The molecule has 23 heavy (non-hydrogen) atoms. The summed E-state index contributed by atoms with van der Waals surface area (Å²) in [5.74, 6) is -0.521. The minimum Gasteiger partial charge on any atom is -0.366 e. The number of aromatic nitrogens is 2. The topological polar surface area (TPSA) is 61.9 Å². The predicted molar refractivity (Wildman–Crippen MR) is 84.7 cm³/mol. The highest BCUT2D eigenvalue weighted by atomic mass is 19.1. The average Bonchev–Trinajstić information content (AvgIpc) is 2.55. The van der Waals surface area contributed by atoms with Crippen LogP contribution in [-0.2, 0) is 19.5 Å². The molecule has 2 aromatic rings. The highest BCUT2D eigenvalue weighted by Gasteiger charge is 2.22. The van der Waals surface area contributed by atoms with E-state index in [1.807, 2.05) is 17.9 Å². The van der Waals surface area contributed by atoms with Gasteiger partial charge in [-0.1, -0.05) is 13.0 Å². The Morgan fingerprint density at radius 2 is 2.26 bits per heavy atom. The van der Waals surface area contributed by atoms with E-state index in [2.05, 4.69) is 5.10 Å². The fraction of sp³-hybridized carbons (Fsp3) is 0.353. The molecule has 0 spiro atoms. The first-order valence-corrected chi connectivity index (χ1v) is 7.67. The summed E-state index contributed by atoms with van der Waals surface area (Å²) in [6, 6.07) is 8.14. The molecule has 0 saturated carbocycles. The molecule has 2 heterocycles. The van der Waals surface area contributed by atoms with Crippen molar-refractivity contribution in [1.29, 1.82) is 5.26 Å². The lowest BCUT2D eigenvalue weighted by atomic mass is 10.0. The fourth-order valence-corrected chi connectivity index (χ4v) is 2.90. The monoisotopic (exact) mass is 312 g/mol. The molecular weight excluding hydrogens is 295 g/mol. The highest BCUT2D eigenvalue weighted by Crippen LogP contribution is 2.27. The van der Waals surface area contributed by atoms with Crippen LogP contribution in [-0.4, -0.2) is 16.3 Å².